The fraction of sp³-hybridized carbons (Fsp3) is 0.692. The van der Waals surface area contributed by atoms with E-state index in [4.69, 9.17) is 0 Å². The van der Waals surface area contributed by atoms with Crippen LogP contribution >= 0.6 is 11.3 Å². The van der Waals surface area contributed by atoms with Crippen LogP contribution in [-0.2, 0) is 11.2 Å². The summed E-state index contributed by atoms with van der Waals surface area (Å²) in [6.45, 7) is 6.17. The first-order chi connectivity index (χ1) is 8.15. The second-order valence-electron chi connectivity index (χ2n) is 4.88. The van der Waals surface area contributed by atoms with Crippen molar-refractivity contribution in [2.45, 2.75) is 39.5 Å². The highest BCUT2D eigenvalue weighted by Gasteiger charge is 2.17. The number of hydrogen-bond donors (Lipinski definition) is 1. The van der Waals surface area contributed by atoms with E-state index in [0.29, 0.717) is 24.5 Å². The zero-order chi connectivity index (χ0) is 12.3. The summed E-state index contributed by atoms with van der Waals surface area (Å²) in [5, 5.41) is 4.33. The molecule has 1 aliphatic heterocycles. The maximum absolute atomic E-state index is 11.9. The summed E-state index contributed by atoms with van der Waals surface area (Å²) in [6.07, 6.45) is 3.63. The van der Waals surface area contributed by atoms with Gasteiger partial charge in [-0.05, 0) is 45.7 Å². The van der Waals surface area contributed by atoms with Crippen LogP contribution in [0.1, 0.15) is 34.8 Å². The summed E-state index contributed by atoms with van der Waals surface area (Å²) in [7, 11) is 0. The van der Waals surface area contributed by atoms with Crippen LogP contribution in [0.15, 0.2) is 0 Å². The molecule has 1 saturated heterocycles. The van der Waals surface area contributed by atoms with E-state index in [1.54, 1.807) is 11.3 Å². The van der Waals surface area contributed by atoms with Crippen molar-refractivity contribution in [2.75, 3.05) is 13.1 Å². The summed E-state index contributed by atoms with van der Waals surface area (Å²) < 4.78 is 0. The Hall–Kier alpha value is -0.740. The smallest absolute Gasteiger partial charge is 0.140 e. The molecule has 17 heavy (non-hydrogen) atoms. The minimum absolute atomic E-state index is 0.340. The van der Waals surface area contributed by atoms with Crippen molar-refractivity contribution in [1.82, 2.24) is 10.3 Å². The number of carbonyl (C=O) groups excluding carboxylic acids is 1. The maximum Gasteiger partial charge on any atom is 0.140 e. The van der Waals surface area contributed by atoms with E-state index < -0.39 is 0 Å². The highest BCUT2D eigenvalue weighted by Crippen LogP contribution is 2.19. The molecule has 0 saturated carbocycles. The SMILES string of the molecule is Cc1nc(CC(=O)CC2CCCNC2)sc1C. The summed E-state index contributed by atoms with van der Waals surface area (Å²) in [6, 6.07) is 0. The standard InChI is InChI=1S/C13H20N2OS/c1-9-10(2)17-13(15-9)7-12(16)6-11-4-3-5-14-8-11/h11,14H,3-8H2,1-2H3. The van der Waals surface area contributed by atoms with E-state index in [1.807, 2.05) is 6.92 Å². The number of Topliss-reactive ketones (excluding diaryl/α,β-unsaturated/α-hetero) is 1. The lowest BCUT2D eigenvalue weighted by molar-refractivity contribution is -0.119. The molecule has 0 aliphatic carbocycles. The molecule has 0 spiro atoms. The molecular weight excluding hydrogens is 232 g/mol. The topological polar surface area (TPSA) is 42.0 Å². The molecule has 2 heterocycles. The summed E-state index contributed by atoms with van der Waals surface area (Å²) >= 11 is 1.66. The van der Waals surface area contributed by atoms with Gasteiger partial charge in [0.05, 0.1) is 12.1 Å². The summed E-state index contributed by atoms with van der Waals surface area (Å²) in [5.74, 6) is 0.880. The van der Waals surface area contributed by atoms with Crippen LogP contribution in [0, 0.1) is 19.8 Å². The molecular formula is C13H20N2OS. The second-order valence-corrected chi connectivity index (χ2v) is 6.17. The fourth-order valence-corrected chi connectivity index (χ4v) is 3.24. The van der Waals surface area contributed by atoms with Crippen LogP contribution in [0.3, 0.4) is 0 Å². The first-order valence-electron chi connectivity index (χ1n) is 6.30. The number of nitrogens with one attached hydrogen (secondary N) is 1. The largest absolute Gasteiger partial charge is 0.316 e. The molecule has 0 bridgehead atoms. The van der Waals surface area contributed by atoms with Gasteiger partial charge < -0.3 is 5.32 Å². The van der Waals surface area contributed by atoms with Gasteiger partial charge in [0.1, 0.15) is 10.8 Å². The number of rotatable bonds is 4. The van der Waals surface area contributed by atoms with Crippen molar-refractivity contribution in [3.63, 3.8) is 0 Å². The predicted molar refractivity (Wildman–Crippen MR) is 70.5 cm³/mol. The van der Waals surface area contributed by atoms with E-state index in [0.717, 1.165) is 23.8 Å². The molecule has 1 unspecified atom stereocenters. The van der Waals surface area contributed by atoms with E-state index in [9.17, 15) is 4.79 Å². The Kier molecular flexibility index (Phi) is 4.29. The molecule has 0 aromatic carbocycles. The zero-order valence-corrected chi connectivity index (χ0v) is 11.4. The van der Waals surface area contributed by atoms with Crippen molar-refractivity contribution in [3.05, 3.63) is 15.6 Å². The van der Waals surface area contributed by atoms with Gasteiger partial charge in [0, 0.05) is 11.3 Å². The van der Waals surface area contributed by atoms with Crippen LogP contribution in [0.5, 0.6) is 0 Å². The average Bonchev–Trinajstić information content (AvgIpc) is 2.59. The van der Waals surface area contributed by atoms with Gasteiger partial charge >= 0.3 is 0 Å². The Bertz CT molecular complexity index is 375. The molecule has 1 fully saturated rings. The monoisotopic (exact) mass is 252 g/mol. The van der Waals surface area contributed by atoms with Crippen LogP contribution in [-0.4, -0.2) is 23.9 Å². The molecule has 0 radical (unpaired) electrons. The third-order valence-corrected chi connectivity index (χ3v) is 4.41. The first-order valence-corrected chi connectivity index (χ1v) is 7.12. The number of carbonyl (C=O) groups is 1. The lowest BCUT2D eigenvalue weighted by Crippen LogP contribution is -2.31. The lowest BCUT2D eigenvalue weighted by atomic mass is 9.93. The average molecular weight is 252 g/mol. The Morgan fingerprint density at radius 1 is 1.53 bits per heavy atom. The predicted octanol–water partition coefficient (Wildman–Crippen LogP) is 2.26. The molecule has 1 aliphatic rings. The number of piperidine rings is 1. The van der Waals surface area contributed by atoms with Crippen LogP contribution in [0.4, 0.5) is 0 Å². The van der Waals surface area contributed by atoms with Crippen LogP contribution in [0.25, 0.3) is 0 Å². The minimum Gasteiger partial charge on any atom is -0.316 e. The third-order valence-electron chi connectivity index (χ3n) is 3.34. The quantitative estimate of drug-likeness (QED) is 0.893. The van der Waals surface area contributed by atoms with Gasteiger partial charge in [-0.1, -0.05) is 0 Å². The van der Waals surface area contributed by atoms with Gasteiger partial charge in [0.15, 0.2) is 0 Å². The zero-order valence-electron chi connectivity index (χ0n) is 10.6. The number of nitrogens with zero attached hydrogens (tertiary/aromatic N) is 1. The minimum atomic E-state index is 0.340. The third kappa shape index (κ3) is 3.61. The number of thiazole rings is 1. The van der Waals surface area contributed by atoms with E-state index in [-0.39, 0.29) is 0 Å². The van der Waals surface area contributed by atoms with Crippen LogP contribution in [0.2, 0.25) is 0 Å². The Labute approximate surface area is 107 Å². The van der Waals surface area contributed by atoms with E-state index in [2.05, 4.69) is 17.2 Å². The normalized spacial score (nSPS) is 20.5. The molecule has 4 heteroatoms. The highest BCUT2D eigenvalue weighted by molar-refractivity contribution is 7.11. The molecule has 94 valence electrons. The molecule has 1 aromatic rings. The summed E-state index contributed by atoms with van der Waals surface area (Å²) in [5.41, 5.74) is 1.07. The number of aryl methyl sites for hydroxylation is 2. The van der Waals surface area contributed by atoms with Crippen molar-refractivity contribution in [1.29, 1.82) is 0 Å². The second kappa shape index (κ2) is 5.74. The van der Waals surface area contributed by atoms with Gasteiger partial charge in [-0.25, -0.2) is 4.98 Å². The Balaban J connectivity index is 1.84. The maximum atomic E-state index is 11.9. The lowest BCUT2D eigenvalue weighted by Gasteiger charge is -2.21. The van der Waals surface area contributed by atoms with Gasteiger partial charge in [-0.15, -0.1) is 11.3 Å². The van der Waals surface area contributed by atoms with Gasteiger partial charge in [-0.3, -0.25) is 4.79 Å². The number of hydrogen-bond acceptors (Lipinski definition) is 4. The molecule has 0 amide bonds. The highest BCUT2D eigenvalue weighted by atomic mass is 32.1. The molecule has 1 atom stereocenters. The van der Waals surface area contributed by atoms with E-state index in [1.165, 1.54) is 17.7 Å². The van der Waals surface area contributed by atoms with Gasteiger partial charge in [0.25, 0.3) is 0 Å². The van der Waals surface area contributed by atoms with E-state index >= 15 is 0 Å². The van der Waals surface area contributed by atoms with Crippen molar-refractivity contribution in [2.24, 2.45) is 5.92 Å². The fourth-order valence-electron chi connectivity index (χ4n) is 2.28. The molecule has 3 nitrogen and oxygen atoms in total. The van der Waals surface area contributed by atoms with Crippen molar-refractivity contribution < 1.29 is 4.79 Å². The number of ketones is 1. The summed E-state index contributed by atoms with van der Waals surface area (Å²) in [4.78, 5) is 17.6. The molecule has 1 N–H and O–H groups in total. The first kappa shape index (κ1) is 12.7. The number of aromatic nitrogens is 1. The van der Waals surface area contributed by atoms with Crippen LogP contribution < -0.4 is 5.32 Å². The molecule has 1 aromatic heterocycles. The Morgan fingerprint density at radius 2 is 2.35 bits per heavy atom. The van der Waals surface area contributed by atoms with Gasteiger partial charge in [-0.2, -0.15) is 0 Å². The molecule has 2 rings (SSSR count). The van der Waals surface area contributed by atoms with Crippen molar-refractivity contribution in [3.8, 4) is 0 Å². The van der Waals surface area contributed by atoms with Gasteiger partial charge in [0.2, 0.25) is 0 Å². The van der Waals surface area contributed by atoms with Crippen molar-refractivity contribution >= 4 is 17.1 Å². The Morgan fingerprint density at radius 3 is 2.94 bits per heavy atom.